The van der Waals surface area contributed by atoms with Crippen LogP contribution in [0.5, 0.6) is 0 Å². The molecule has 0 aliphatic carbocycles. The van der Waals surface area contributed by atoms with E-state index in [-0.39, 0.29) is 11.3 Å². The third-order valence-corrected chi connectivity index (χ3v) is 3.82. The van der Waals surface area contributed by atoms with Crippen LogP contribution in [0.2, 0.25) is 0 Å². The molecule has 0 radical (unpaired) electrons. The van der Waals surface area contributed by atoms with Gasteiger partial charge in [0, 0.05) is 0 Å². The highest BCUT2D eigenvalue weighted by molar-refractivity contribution is 7.92. The SMILES string of the molecule is N#Cc1cccc(NS(=O)(=O)c2cc(F)ccc2F)c1. The van der Waals surface area contributed by atoms with Crippen molar-refractivity contribution in [2.75, 3.05) is 4.72 Å². The molecule has 0 saturated carbocycles. The van der Waals surface area contributed by atoms with Crippen molar-refractivity contribution in [3.05, 3.63) is 59.7 Å². The number of nitriles is 1. The van der Waals surface area contributed by atoms with Gasteiger partial charge in [0.25, 0.3) is 10.0 Å². The number of nitrogens with zero attached hydrogens (tertiary/aromatic N) is 1. The van der Waals surface area contributed by atoms with Gasteiger partial charge in [-0.15, -0.1) is 0 Å². The zero-order valence-corrected chi connectivity index (χ0v) is 10.8. The van der Waals surface area contributed by atoms with Crippen LogP contribution in [0.3, 0.4) is 0 Å². The predicted molar refractivity (Wildman–Crippen MR) is 68.3 cm³/mol. The minimum atomic E-state index is -4.27. The van der Waals surface area contributed by atoms with Gasteiger partial charge >= 0.3 is 0 Å². The van der Waals surface area contributed by atoms with Crippen molar-refractivity contribution in [1.29, 1.82) is 5.26 Å². The summed E-state index contributed by atoms with van der Waals surface area (Å²) in [5, 5.41) is 8.72. The van der Waals surface area contributed by atoms with Crippen LogP contribution < -0.4 is 4.72 Å². The van der Waals surface area contributed by atoms with E-state index in [2.05, 4.69) is 4.72 Å². The molecular formula is C13H8F2N2O2S. The molecule has 2 aromatic rings. The summed E-state index contributed by atoms with van der Waals surface area (Å²) in [6.07, 6.45) is 0. The molecule has 4 nitrogen and oxygen atoms in total. The van der Waals surface area contributed by atoms with Crippen LogP contribution >= 0.6 is 0 Å². The fourth-order valence-corrected chi connectivity index (χ4v) is 2.69. The largest absolute Gasteiger partial charge is 0.279 e. The molecule has 2 rings (SSSR count). The Hall–Kier alpha value is -2.46. The summed E-state index contributed by atoms with van der Waals surface area (Å²) in [5.74, 6) is -1.92. The second-order valence-corrected chi connectivity index (χ2v) is 5.52. The first-order valence-corrected chi connectivity index (χ1v) is 6.89. The lowest BCUT2D eigenvalue weighted by atomic mass is 10.2. The number of hydrogen-bond acceptors (Lipinski definition) is 3. The van der Waals surface area contributed by atoms with Crippen molar-refractivity contribution in [1.82, 2.24) is 0 Å². The molecule has 0 heterocycles. The number of benzene rings is 2. The normalized spacial score (nSPS) is 10.8. The van der Waals surface area contributed by atoms with Crippen molar-refractivity contribution in [3.63, 3.8) is 0 Å². The molecule has 0 fully saturated rings. The molecular weight excluding hydrogens is 286 g/mol. The fraction of sp³-hybridized carbons (Fsp3) is 0. The quantitative estimate of drug-likeness (QED) is 0.946. The van der Waals surface area contributed by atoms with Crippen molar-refractivity contribution in [2.45, 2.75) is 4.90 Å². The summed E-state index contributed by atoms with van der Waals surface area (Å²) in [4.78, 5) is -0.792. The Morgan fingerprint density at radius 3 is 2.55 bits per heavy atom. The van der Waals surface area contributed by atoms with Gasteiger partial charge in [0.2, 0.25) is 0 Å². The van der Waals surface area contributed by atoms with Crippen LogP contribution in [0.15, 0.2) is 47.4 Å². The summed E-state index contributed by atoms with van der Waals surface area (Å²) in [6.45, 7) is 0. The molecule has 102 valence electrons. The zero-order valence-electron chi connectivity index (χ0n) is 9.97. The highest BCUT2D eigenvalue weighted by Crippen LogP contribution is 2.20. The minimum Gasteiger partial charge on any atom is -0.279 e. The molecule has 0 amide bonds. The summed E-state index contributed by atoms with van der Waals surface area (Å²) in [6, 6.07) is 9.63. The Balaban J connectivity index is 2.41. The average molecular weight is 294 g/mol. The Bertz CT molecular complexity index is 798. The van der Waals surface area contributed by atoms with Crippen molar-refractivity contribution >= 4 is 15.7 Å². The van der Waals surface area contributed by atoms with Gasteiger partial charge in [-0.05, 0) is 36.4 Å². The number of hydrogen-bond donors (Lipinski definition) is 1. The number of rotatable bonds is 3. The molecule has 7 heteroatoms. The van der Waals surface area contributed by atoms with E-state index in [9.17, 15) is 17.2 Å². The summed E-state index contributed by atoms with van der Waals surface area (Å²) < 4.78 is 52.5. The fourth-order valence-electron chi connectivity index (χ4n) is 1.55. The van der Waals surface area contributed by atoms with E-state index in [0.717, 1.165) is 12.1 Å². The number of nitrogens with one attached hydrogen (secondary N) is 1. The first-order chi connectivity index (χ1) is 9.42. The maximum Gasteiger partial charge on any atom is 0.264 e. The molecule has 0 atom stereocenters. The summed E-state index contributed by atoms with van der Waals surface area (Å²) in [5.41, 5.74) is 0.331. The van der Waals surface area contributed by atoms with Gasteiger partial charge in [0.1, 0.15) is 16.5 Å². The molecule has 2 aromatic carbocycles. The Kier molecular flexibility index (Phi) is 3.68. The van der Waals surface area contributed by atoms with E-state index in [4.69, 9.17) is 5.26 Å². The molecule has 1 N–H and O–H groups in total. The van der Waals surface area contributed by atoms with Gasteiger partial charge in [-0.3, -0.25) is 4.72 Å². The number of halogens is 2. The maximum absolute atomic E-state index is 13.5. The van der Waals surface area contributed by atoms with Crippen LogP contribution in [0.25, 0.3) is 0 Å². The van der Waals surface area contributed by atoms with E-state index >= 15 is 0 Å². The topological polar surface area (TPSA) is 70.0 Å². The molecule has 0 aromatic heterocycles. The molecule has 0 spiro atoms. The highest BCUT2D eigenvalue weighted by Gasteiger charge is 2.20. The highest BCUT2D eigenvalue weighted by atomic mass is 32.2. The average Bonchev–Trinajstić information content (AvgIpc) is 2.41. The maximum atomic E-state index is 13.5. The van der Waals surface area contributed by atoms with E-state index in [1.807, 2.05) is 6.07 Å². The minimum absolute atomic E-state index is 0.0905. The third-order valence-electron chi connectivity index (χ3n) is 2.43. The Morgan fingerprint density at radius 1 is 1.10 bits per heavy atom. The number of anilines is 1. The van der Waals surface area contributed by atoms with Gasteiger partial charge in [-0.1, -0.05) is 6.07 Å². The second kappa shape index (κ2) is 5.27. The van der Waals surface area contributed by atoms with Crippen LogP contribution in [0.4, 0.5) is 14.5 Å². The second-order valence-electron chi connectivity index (χ2n) is 3.87. The molecule has 0 unspecified atom stereocenters. The van der Waals surface area contributed by atoms with E-state index < -0.39 is 26.6 Å². The van der Waals surface area contributed by atoms with Crippen LogP contribution in [0, 0.1) is 23.0 Å². The van der Waals surface area contributed by atoms with Gasteiger partial charge in [-0.2, -0.15) is 5.26 Å². The first-order valence-electron chi connectivity index (χ1n) is 5.40. The van der Waals surface area contributed by atoms with E-state index in [0.29, 0.717) is 6.07 Å². The summed E-state index contributed by atoms with van der Waals surface area (Å²) >= 11 is 0. The molecule has 0 aliphatic rings. The Morgan fingerprint density at radius 2 is 1.85 bits per heavy atom. The molecule has 0 aliphatic heterocycles. The molecule has 0 bridgehead atoms. The van der Waals surface area contributed by atoms with Crippen LogP contribution in [-0.2, 0) is 10.0 Å². The van der Waals surface area contributed by atoms with Crippen molar-refractivity contribution in [3.8, 4) is 6.07 Å². The van der Waals surface area contributed by atoms with E-state index in [1.54, 1.807) is 0 Å². The number of sulfonamides is 1. The Labute approximate surface area is 114 Å². The van der Waals surface area contributed by atoms with Crippen molar-refractivity contribution in [2.24, 2.45) is 0 Å². The van der Waals surface area contributed by atoms with E-state index in [1.165, 1.54) is 24.3 Å². The van der Waals surface area contributed by atoms with Crippen LogP contribution in [-0.4, -0.2) is 8.42 Å². The first kappa shape index (κ1) is 14.0. The predicted octanol–water partition coefficient (Wildman–Crippen LogP) is 2.64. The van der Waals surface area contributed by atoms with Gasteiger partial charge in [0.15, 0.2) is 0 Å². The molecule has 0 saturated heterocycles. The third kappa shape index (κ3) is 2.92. The lowest BCUT2D eigenvalue weighted by Crippen LogP contribution is -2.15. The smallest absolute Gasteiger partial charge is 0.264 e. The van der Waals surface area contributed by atoms with Crippen molar-refractivity contribution < 1.29 is 17.2 Å². The van der Waals surface area contributed by atoms with Gasteiger partial charge in [0.05, 0.1) is 17.3 Å². The zero-order chi connectivity index (χ0) is 14.8. The lowest BCUT2D eigenvalue weighted by Gasteiger charge is -2.09. The monoisotopic (exact) mass is 294 g/mol. The summed E-state index contributed by atoms with van der Waals surface area (Å²) in [7, 11) is -4.27. The standard InChI is InChI=1S/C13H8F2N2O2S/c14-10-4-5-12(15)13(7-10)20(18,19)17-11-3-1-2-9(6-11)8-16/h1-7,17H. The lowest BCUT2D eigenvalue weighted by molar-refractivity contribution is 0.555. The van der Waals surface area contributed by atoms with Crippen LogP contribution in [0.1, 0.15) is 5.56 Å². The van der Waals surface area contributed by atoms with Gasteiger partial charge in [-0.25, -0.2) is 17.2 Å². The van der Waals surface area contributed by atoms with Gasteiger partial charge < -0.3 is 0 Å². The molecule has 20 heavy (non-hydrogen) atoms.